The van der Waals surface area contributed by atoms with E-state index in [0.29, 0.717) is 0 Å². The Balaban J connectivity index is 0. The summed E-state index contributed by atoms with van der Waals surface area (Å²) in [5.41, 5.74) is 0. The first-order chi connectivity index (χ1) is 3.13. The first-order valence-corrected chi connectivity index (χ1v) is 1.26. The van der Waals surface area contributed by atoms with Crippen molar-refractivity contribution in [2.24, 2.45) is 0 Å². The first-order valence-electron chi connectivity index (χ1n) is 1.26. The maximum absolute atomic E-state index is 9.21. The quantitative estimate of drug-likeness (QED) is 0.267. The van der Waals surface area contributed by atoms with Crippen LogP contribution in [-0.2, 0) is 4.74 Å². The van der Waals surface area contributed by atoms with Gasteiger partial charge in [-0.2, -0.15) is 0 Å². The van der Waals surface area contributed by atoms with Crippen molar-refractivity contribution in [2.45, 2.75) is 0 Å². The van der Waals surface area contributed by atoms with Crippen molar-refractivity contribution >= 4 is 41.9 Å². The van der Waals surface area contributed by atoms with E-state index in [0.717, 1.165) is 0 Å². The van der Waals surface area contributed by atoms with E-state index < -0.39 is 12.3 Å². The Kier molecular flexibility index (Phi) is 6.52. The molecule has 0 radical (unpaired) electrons. The average Bonchev–Trinajstić information content (AvgIpc) is 1.27. The monoisotopic (exact) mass is 130 g/mol. The fraction of sp³-hybridized carbons (Fsp3) is 0. The Hall–Kier alpha value is -0.260. The SMILES string of the molecule is O=C(O)OC(=O)O.[NaH]. The fourth-order valence-electron chi connectivity index (χ4n) is 0.0747. The summed E-state index contributed by atoms with van der Waals surface area (Å²) in [6.45, 7) is 0. The molecule has 0 aromatic heterocycles. The second kappa shape index (κ2) is 4.89. The standard InChI is InChI=1S/C2H2O5.Na.H/c3-1(4)7-2(5)6;;/h(H,3,4)(H,5,6);;. The number of carbonyl (C=O) groups is 2. The molecule has 0 spiro atoms. The van der Waals surface area contributed by atoms with Crippen LogP contribution in [-0.4, -0.2) is 52.1 Å². The van der Waals surface area contributed by atoms with Gasteiger partial charge in [0.2, 0.25) is 0 Å². The first kappa shape index (κ1) is 10.7. The number of hydrogen-bond acceptors (Lipinski definition) is 3. The van der Waals surface area contributed by atoms with E-state index in [9.17, 15) is 9.59 Å². The summed E-state index contributed by atoms with van der Waals surface area (Å²) >= 11 is 0. The molecule has 6 heteroatoms. The number of carboxylic acid groups (broad SMARTS) is 2. The van der Waals surface area contributed by atoms with Gasteiger partial charge < -0.3 is 14.9 Å². The predicted octanol–water partition coefficient (Wildman–Crippen LogP) is -0.290. The molecule has 0 aromatic carbocycles. The Morgan fingerprint density at radius 3 is 1.38 bits per heavy atom. The molecule has 0 saturated heterocycles. The summed E-state index contributed by atoms with van der Waals surface area (Å²) in [5, 5.41) is 15.0. The molecule has 8 heavy (non-hydrogen) atoms. The molecular formula is C2H3NaO5. The second-order valence-corrected chi connectivity index (χ2v) is 0.634. The van der Waals surface area contributed by atoms with Crippen LogP contribution in [0.3, 0.4) is 0 Å². The van der Waals surface area contributed by atoms with E-state index in [-0.39, 0.29) is 29.6 Å². The van der Waals surface area contributed by atoms with Gasteiger partial charge in [0.15, 0.2) is 0 Å². The van der Waals surface area contributed by atoms with Gasteiger partial charge in [0.1, 0.15) is 0 Å². The molecule has 0 atom stereocenters. The van der Waals surface area contributed by atoms with Gasteiger partial charge in [-0.25, -0.2) is 9.59 Å². The molecule has 0 amide bonds. The summed E-state index contributed by atoms with van der Waals surface area (Å²) in [6.07, 6.45) is -3.62. The summed E-state index contributed by atoms with van der Waals surface area (Å²) in [5.74, 6) is 0. The minimum atomic E-state index is -1.81. The molecule has 42 valence electrons. The summed E-state index contributed by atoms with van der Waals surface area (Å²) in [7, 11) is 0. The van der Waals surface area contributed by atoms with Crippen molar-refractivity contribution in [1.82, 2.24) is 0 Å². The van der Waals surface area contributed by atoms with Crippen LogP contribution in [0.1, 0.15) is 0 Å². The molecule has 0 heterocycles. The molecular weight excluding hydrogens is 127 g/mol. The summed E-state index contributed by atoms with van der Waals surface area (Å²) in [6, 6.07) is 0. The molecule has 0 rings (SSSR count). The van der Waals surface area contributed by atoms with Crippen molar-refractivity contribution < 1.29 is 24.5 Å². The van der Waals surface area contributed by atoms with Crippen molar-refractivity contribution in [2.75, 3.05) is 0 Å². The summed E-state index contributed by atoms with van der Waals surface area (Å²) < 4.78 is 3.08. The molecule has 0 bridgehead atoms. The molecule has 0 saturated carbocycles. The predicted molar refractivity (Wildman–Crippen MR) is 24.3 cm³/mol. The van der Waals surface area contributed by atoms with E-state index in [4.69, 9.17) is 10.2 Å². The van der Waals surface area contributed by atoms with Crippen LogP contribution in [0.15, 0.2) is 0 Å². The van der Waals surface area contributed by atoms with Gasteiger partial charge in [-0.15, -0.1) is 0 Å². The third-order valence-electron chi connectivity index (χ3n) is 0.175. The van der Waals surface area contributed by atoms with E-state index in [2.05, 4.69) is 4.74 Å². The van der Waals surface area contributed by atoms with Crippen LogP contribution in [0.2, 0.25) is 0 Å². The Morgan fingerprint density at radius 2 is 1.38 bits per heavy atom. The van der Waals surface area contributed by atoms with Crippen LogP contribution < -0.4 is 0 Å². The number of hydrogen-bond donors (Lipinski definition) is 2. The zero-order valence-corrected chi connectivity index (χ0v) is 3.12. The van der Waals surface area contributed by atoms with Crippen molar-refractivity contribution in [3.8, 4) is 0 Å². The average molecular weight is 130 g/mol. The third-order valence-corrected chi connectivity index (χ3v) is 0.175. The molecule has 0 aliphatic carbocycles. The van der Waals surface area contributed by atoms with Crippen molar-refractivity contribution in [1.29, 1.82) is 0 Å². The van der Waals surface area contributed by atoms with Gasteiger partial charge in [-0.1, -0.05) is 0 Å². The van der Waals surface area contributed by atoms with Crippen LogP contribution >= 0.6 is 0 Å². The second-order valence-electron chi connectivity index (χ2n) is 0.634. The van der Waals surface area contributed by atoms with Gasteiger partial charge >= 0.3 is 41.9 Å². The van der Waals surface area contributed by atoms with Gasteiger partial charge in [-0.3, -0.25) is 0 Å². The molecule has 0 aliphatic heterocycles. The van der Waals surface area contributed by atoms with Gasteiger partial charge in [0, 0.05) is 0 Å². The molecule has 2 N–H and O–H groups in total. The topological polar surface area (TPSA) is 83.8 Å². The Morgan fingerprint density at radius 1 is 1.12 bits per heavy atom. The van der Waals surface area contributed by atoms with Crippen LogP contribution in [0.25, 0.3) is 0 Å². The molecule has 0 fully saturated rings. The van der Waals surface area contributed by atoms with Gasteiger partial charge in [-0.05, 0) is 0 Å². The van der Waals surface area contributed by atoms with Crippen molar-refractivity contribution in [3.63, 3.8) is 0 Å². The van der Waals surface area contributed by atoms with E-state index in [1.807, 2.05) is 0 Å². The summed E-state index contributed by atoms with van der Waals surface area (Å²) in [4.78, 5) is 18.4. The van der Waals surface area contributed by atoms with Crippen LogP contribution in [0.4, 0.5) is 9.59 Å². The molecule has 0 aliphatic rings. The van der Waals surface area contributed by atoms with E-state index >= 15 is 0 Å². The van der Waals surface area contributed by atoms with Gasteiger partial charge in [0.25, 0.3) is 0 Å². The number of rotatable bonds is 0. The van der Waals surface area contributed by atoms with Crippen LogP contribution in [0.5, 0.6) is 0 Å². The Labute approximate surface area is 66.5 Å². The van der Waals surface area contributed by atoms with Crippen LogP contribution in [0, 0.1) is 0 Å². The third kappa shape index (κ3) is 9.22. The van der Waals surface area contributed by atoms with E-state index in [1.165, 1.54) is 0 Å². The fourth-order valence-corrected chi connectivity index (χ4v) is 0.0747. The normalized spacial score (nSPS) is 6.50. The van der Waals surface area contributed by atoms with E-state index in [1.54, 1.807) is 0 Å². The molecule has 5 nitrogen and oxygen atoms in total. The zero-order valence-electron chi connectivity index (χ0n) is 3.12. The Bertz CT molecular complexity index is 86.6. The van der Waals surface area contributed by atoms with Gasteiger partial charge in [0.05, 0.1) is 0 Å². The number of ether oxygens (including phenoxy) is 1. The molecule has 0 unspecified atom stereocenters. The maximum atomic E-state index is 9.21. The van der Waals surface area contributed by atoms with Crippen molar-refractivity contribution in [3.05, 3.63) is 0 Å². The molecule has 0 aromatic rings. The zero-order chi connectivity index (χ0) is 5.86. The minimum absolute atomic E-state index is 0.